The maximum absolute atomic E-state index is 13.6. The monoisotopic (exact) mass is 683 g/mol. The zero-order valence-electron chi connectivity index (χ0n) is 28.2. The second-order valence-corrected chi connectivity index (χ2v) is 13.8. The first-order valence-corrected chi connectivity index (χ1v) is 16.6. The third-order valence-electron chi connectivity index (χ3n) is 8.84. The summed E-state index contributed by atoms with van der Waals surface area (Å²) in [6.45, 7) is 8.76. The van der Waals surface area contributed by atoms with Gasteiger partial charge < -0.3 is 35.3 Å². The summed E-state index contributed by atoms with van der Waals surface area (Å²) < 4.78 is 17.3. The second kappa shape index (κ2) is 16.0. The van der Waals surface area contributed by atoms with Crippen LogP contribution in [-0.2, 0) is 41.7 Å². The van der Waals surface area contributed by atoms with Crippen LogP contribution in [0.3, 0.4) is 0 Å². The molecule has 0 radical (unpaired) electrons. The fourth-order valence-electron chi connectivity index (χ4n) is 5.57. The van der Waals surface area contributed by atoms with Gasteiger partial charge >= 0.3 is 5.97 Å². The lowest BCUT2D eigenvalue weighted by molar-refractivity contribution is -0.157. The van der Waals surface area contributed by atoms with Gasteiger partial charge in [-0.1, -0.05) is 68.8 Å². The third-order valence-corrected chi connectivity index (χ3v) is 9.14. The van der Waals surface area contributed by atoms with Crippen molar-refractivity contribution >= 4 is 35.3 Å². The average molecular weight is 684 g/mol. The second-order valence-electron chi connectivity index (χ2n) is 13.4. The largest absolute Gasteiger partial charge is 0.495 e. The predicted octanol–water partition coefficient (Wildman–Crippen LogP) is 3.80. The first-order valence-electron chi connectivity index (χ1n) is 16.2. The van der Waals surface area contributed by atoms with Crippen molar-refractivity contribution in [1.29, 1.82) is 0 Å². The number of carbonyl (C=O) groups is 4. The number of aliphatic hydroxyl groups is 1. The highest BCUT2D eigenvalue weighted by Gasteiger charge is 2.48. The molecule has 0 saturated carbocycles. The Hall–Kier alpha value is -3.93. The maximum Gasteiger partial charge on any atom is 0.329 e. The molecule has 0 spiro atoms. The van der Waals surface area contributed by atoms with Crippen LogP contribution in [0.4, 0.5) is 0 Å². The number of cyclic esters (lactones) is 1. The molecule has 1 fully saturated rings. The lowest BCUT2D eigenvalue weighted by Crippen LogP contribution is -2.55. The van der Waals surface area contributed by atoms with Crippen molar-refractivity contribution in [2.45, 2.75) is 84.5 Å². The molecule has 0 aromatic heterocycles. The molecule has 2 aliphatic rings. The molecule has 2 aromatic carbocycles. The SMILES string of the molecule is COc1ccc(C[C@H]2NC(=O)/C=C/C[C@@H]([C@H](C)C3OC3c3ccc(CO)cc3)OC(=O)[C@H](C(C)C)NC(=O)C(C)(C)CNC2=O)cc1Cl. The number of methoxy groups -OCH3 is 1. The summed E-state index contributed by atoms with van der Waals surface area (Å²) in [5, 5.41) is 18.2. The van der Waals surface area contributed by atoms with E-state index in [9.17, 15) is 24.3 Å². The fourth-order valence-corrected chi connectivity index (χ4v) is 5.85. The lowest BCUT2D eigenvalue weighted by atomic mass is 9.90. The summed E-state index contributed by atoms with van der Waals surface area (Å²) in [6, 6.07) is 10.7. The zero-order valence-corrected chi connectivity index (χ0v) is 29.0. The fraction of sp³-hybridized carbons (Fsp3) is 0.500. The zero-order chi connectivity index (χ0) is 35.2. The number of ether oxygens (including phenoxy) is 3. The normalized spacial score (nSPS) is 26.5. The van der Waals surface area contributed by atoms with E-state index < -0.39 is 47.3 Å². The molecule has 2 heterocycles. The molecular weight excluding hydrogens is 638 g/mol. The van der Waals surface area contributed by atoms with Crippen LogP contribution in [0.5, 0.6) is 5.75 Å². The Morgan fingerprint density at radius 1 is 1.02 bits per heavy atom. The average Bonchev–Trinajstić information content (AvgIpc) is 3.85. The Bertz CT molecular complexity index is 1510. The van der Waals surface area contributed by atoms with E-state index in [1.807, 2.05) is 45.0 Å². The highest BCUT2D eigenvalue weighted by molar-refractivity contribution is 6.32. The van der Waals surface area contributed by atoms with Crippen molar-refractivity contribution in [2.75, 3.05) is 13.7 Å². The van der Waals surface area contributed by atoms with Crippen LogP contribution >= 0.6 is 11.6 Å². The van der Waals surface area contributed by atoms with E-state index in [4.69, 9.17) is 25.8 Å². The van der Waals surface area contributed by atoms with Gasteiger partial charge in [-0.25, -0.2) is 4.79 Å². The molecule has 2 unspecified atom stereocenters. The summed E-state index contributed by atoms with van der Waals surface area (Å²) in [6.07, 6.45) is 2.09. The highest BCUT2D eigenvalue weighted by atomic mass is 35.5. The number of rotatable bonds is 8. The molecule has 12 heteroatoms. The van der Waals surface area contributed by atoms with Gasteiger partial charge in [-0.2, -0.15) is 0 Å². The molecule has 48 heavy (non-hydrogen) atoms. The molecule has 4 N–H and O–H groups in total. The Labute approximate surface area is 286 Å². The molecular formula is C36H46ClN3O8. The van der Waals surface area contributed by atoms with E-state index >= 15 is 0 Å². The van der Waals surface area contributed by atoms with Gasteiger partial charge in [-0.05, 0) is 54.7 Å². The number of nitrogens with one attached hydrogen (secondary N) is 3. The summed E-state index contributed by atoms with van der Waals surface area (Å²) in [4.78, 5) is 53.7. The van der Waals surface area contributed by atoms with Gasteiger partial charge in [0.2, 0.25) is 17.7 Å². The molecule has 2 aromatic rings. The van der Waals surface area contributed by atoms with Crippen molar-refractivity contribution in [2.24, 2.45) is 17.3 Å². The van der Waals surface area contributed by atoms with Crippen molar-refractivity contribution in [3.05, 3.63) is 76.3 Å². The van der Waals surface area contributed by atoms with Crippen LogP contribution in [0.2, 0.25) is 5.02 Å². The molecule has 11 nitrogen and oxygen atoms in total. The lowest BCUT2D eigenvalue weighted by Gasteiger charge is -2.31. The van der Waals surface area contributed by atoms with Gasteiger partial charge in [-0.3, -0.25) is 14.4 Å². The van der Waals surface area contributed by atoms with Crippen molar-refractivity contribution in [3.8, 4) is 5.75 Å². The molecule has 260 valence electrons. The van der Waals surface area contributed by atoms with E-state index in [-0.39, 0.29) is 50.0 Å². The molecule has 6 atom stereocenters. The Balaban J connectivity index is 1.60. The minimum absolute atomic E-state index is 0.0531. The van der Waals surface area contributed by atoms with E-state index in [2.05, 4.69) is 16.0 Å². The molecule has 2 aliphatic heterocycles. The minimum Gasteiger partial charge on any atom is -0.495 e. The van der Waals surface area contributed by atoms with Gasteiger partial charge in [0.05, 0.1) is 30.3 Å². The van der Waals surface area contributed by atoms with Crippen LogP contribution in [0.25, 0.3) is 0 Å². The number of epoxide rings is 1. The van der Waals surface area contributed by atoms with Gasteiger partial charge in [0.1, 0.15) is 30.0 Å². The number of amides is 3. The van der Waals surface area contributed by atoms with Crippen molar-refractivity contribution in [3.63, 3.8) is 0 Å². The first-order chi connectivity index (χ1) is 22.7. The summed E-state index contributed by atoms with van der Waals surface area (Å²) >= 11 is 6.32. The Morgan fingerprint density at radius 2 is 1.71 bits per heavy atom. The standard InChI is InChI=1S/C36H46ClN3O8/c1-20(2)30-34(44)47-27(21(3)31-32(48-31)24-13-10-22(18-41)11-14-24)8-7-9-29(42)39-26(17-23-12-15-28(46-6)25(37)16-23)33(43)38-19-36(4,5)35(45)40-30/h7,9-16,20-21,26-27,30-32,41H,8,17-19H2,1-6H3,(H,38,43)(H,39,42)(H,40,45)/b9-7+/t21-,26+,27-,30-,31?,32?/m0/s1. The summed E-state index contributed by atoms with van der Waals surface area (Å²) in [5.41, 5.74) is 1.32. The number of hydrogen-bond donors (Lipinski definition) is 4. The summed E-state index contributed by atoms with van der Waals surface area (Å²) in [7, 11) is 1.50. The first kappa shape index (κ1) is 36.9. The number of benzene rings is 2. The van der Waals surface area contributed by atoms with Gasteiger partial charge in [0.15, 0.2) is 0 Å². The van der Waals surface area contributed by atoms with Crippen molar-refractivity contribution in [1.82, 2.24) is 16.0 Å². The number of carbonyl (C=O) groups excluding carboxylic acids is 4. The Morgan fingerprint density at radius 3 is 2.33 bits per heavy atom. The van der Waals surface area contributed by atoms with Crippen LogP contribution in [0, 0.1) is 17.3 Å². The van der Waals surface area contributed by atoms with E-state index in [0.29, 0.717) is 16.3 Å². The Kier molecular flexibility index (Phi) is 12.3. The van der Waals surface area contributed by atoms with E-state index in [0.717, 1.165) is 11.1 Å². The number of esters is 1. The summed E-state index contributed by atoms with van der Waals surface area (Å²) in [5.74, 6) is -2.11. The number of halogens is 1. The topological polar surface area (TPSA) is 156 Å². The predicted molar refractivity (Wildman–Crippen MR) is 180 cm³/mol. The smallest absolute Gasteiger partial charge is 0.329 e. The van der Waals surface area contributed by atoms with Crippen LogP contribution < -0.4 is 20.7 Å². The maximum atomic E-state index is 13.6. The van der Waals surface area contributed by atoms with Gasteiger partial charge in [-0.15, -0.1) is 0 Å². The van der Waals surface area contributed by atoms with Crippen LogP contribution in [-0.4, -0.2) is 66.7 Å². The molecule has 3 amide bonds. The van der Waals surface area contributed by atoms with Crippen LogP contribution in [0.1, 0.15) is 63.8 Å². The van der Waals surface area contributed by atoms with E-state index in [1.165, 1.54) is 13.2 Å². The van der Waals surface area contributed by atoms with Gasteiger partial charge in [0, 0.05) is 25.3 Å². The molecule has 4 rings (SSSR count). The molecule has 1 saturated heterocycles. The molecule has 0 aliphatic carbocycles. The number of hydrogen-bond acceptors (Lipinski definition) is 8. The quantitative estimate of drug-likeness (QED) is 0.242. The van der Waals surface area contributed by atoms with Gasteiger partial charge in [0.25, 0.3) is 0 Å². The minimum atomic E-state index is -1.11. The van der Waals surface area contributed by atoms with Crippen LogP contribution in [0.15, 0.2) is 54.6 Å². The van der Waals surface area contributed by atoms with Crippen molar-refractivity contribution < 1.29 is 38.5 Å². The molecule has 0 bridgehead atoms. The van der Waals surface area contributed by atoms with E-state index in [1.54, 1.807) is 38.1 Å². The highest BCUT2D eigenvalue weighted by Crippen LogP contribution is 2.45. The number of aliphatic hydroxyl groups excluding tert-OH is 1. The third kappa shape index (κ3) is 9.36.